The Balaban J connectivity index is 1.13. The molecule has 4 heterocycles. The van der Waals surface area contributed by atoms with Crippen LogP contribution in [0, 0.1) is 0 Å². The van der Waals surface area contributed by atoms with E-state index in [9.17, 15) is 9.59 Å². The Labute approximate surface area is 205 Å². The zero-order valence-electron chi connectivity index (χ0n) is 18.4. The monoisotopic (exact) mass is 492 g/mol. The molecule has 10 heteroatoms. The van der Waals surface area contributed by atoms with Gasteiger partial charge in [-0.3, -0.25) is 19.9 Å². The van der Waals surface area contributed by atoms with Gasteiger partial charge in [-0.05, 0) is 72.7 Å². The number of thioether (sulfide) groups is 1. The third-order valence-electron chi connectivity index (χ3n) is 5.93. The highest BCUT2D eigenvalue weighted by Crippen LogP contribution is 2.27. The maximum absolute atomic E-state index is 11.8. The molecule has 0 bridgehead atoms. The summed E-state index contributed by atoms with van der Waals surface area (Å²) in [6, 6.07) is 8.73. The van der Waals surface area contributed by atoms with E-state index in [2.05, 4.69) is 53.8 Å². The molecule has 1 aliphatic heterocycles. The van der Waals surface area contributed by atoms with Crippen molar-refractivity contribution in [2.75, 3.05) is 5.32 Å². The molecule has 2 aliphatic rings. The van der Waals surface area contributed by atoms with E-state index in [4.69, 9.17) is 0 Å². The van der Waals surface area contributed by atoms with Crippen molar-refractivity contribution in [3.8, 4) is 11.3 Å². The first-order valence-corrected chi connectivity index (χ1v) is 12.9. The largest absolute Gasteiger partial charge is 0.351 e. The van der Waals surface area contributed by atoms with Gasteiger partial charge in [-0.25, -0.2) is 9.97 Å². The molecule has 2 amide bonds. The van der Waals surface area contributed by atoms with Crippen LogP contribution < -0.4 is 16.0 Å². The van der Waals surface area contributed by atoms with Crippen molar-refractivity contribution < 1.29 is 9.59 Å². The van der Waals surface area contributed by atoms with Gasteiger partial charge in [-0.2, -0.15) is 11.3 Å². The van der Waals surface area contributed by atoms with E-state index in [1.807, 2.05) is 12.3 Å². The molecule has 0 unspecified atom stereocenters. The molecule has 3 aromatic rings. The van der Waals surface area contributed by atoms with Crippen molar-refractivity contribution in [3.05, 3.63) is 63.6 Å². The Morgan fingerprint density at radius 2 is 1.91 bits per heavy atom. The minimum Gasteiger partial charge on any atom is -0.351 e. The maximum atomic E-state index is 11.8. The summed E-state index contributed by atoms with van der Waals surface area (Å²) in [5.74, 6) is 0.152. The first-order chi connectivity index (χ1) is 16.6. The number of aromatic nitrogens is 3. The normalized spacial score (nSPS) is 21.6. The molecule has 3 aromatic heterocycles. The lowest BCUT2D eigenvalue weighted by molar-refractivity contribution is -0.115. The number of carbonyl (C=O) groups excluding carboxylic acids is 2. The van der Waals surface area contributed by atoms with Crippen molar-refractivity contribution in [2.45, 2.75) is 44.3 Å². The molecule has 1 saturated carbocycles. The lowest BCUT2D eigenvalue weighted by Gasteiger charge is -2.30. The van der Waals surface area contributed by atoms with Crippen molar-refractivity contribution in [1.82, 2.24) is 25.6 Å². The summed E-state index contributed by atoms with van der Waals surface area (Å²) in [6.45, 7) is 0.801. The van der Waals surface area contributed by atoms with Crippen LogP contribution in [0.5, 0.6) is 0 Å². The molecule has 1 aliphatic carbocycles. The van der Waals surface area contributed by atoms with Gasteiger partial charge >= 0.3 is 0 Å². The Morgan fingerprint density at radius 1 is 1.06 bits per heavy atom. The van der Waals surface area contributed by atoms with E-state index >= 15 is 0 Å². The van der Waals surface area contributed by atoms with Gasteiger partial charge in [-0.15, -0.1) is 0 Å². The van der Waals surface area contributed by atoms with Crippen molar-refractivity contribution >= 4 is 46.3 Å². The highest BCUT2D eigenvalue weighted by molar-refractivity contribution is 8.18. The molecule has 2 fully saturated rings. The van der Waals surface area contributed by atoms with Crippen LogP contribution in [0.1, 0.15) is 36.9 Å². The predicted octanol–water partition coefficient (Wildman–Crippen LogP) is 4.44. The van der Waals surface area contributed by atoms with E-state index in [0.717, 1.165) is 49.7 Å². The van der Waals surface area contributed by atoms with Crippen LogP contribution in [0.2, 0.25) is 0 Å². The molecule has 3 N–H and O–H groups in total. The first-order valence-electron chi connectivity index (χ1n) is 11.2. The number of pyridine rings is 1. The predicted molar refractivity (Wildman–Crippen MR) is 135 cm³/mol. The highest BCUT2D eigenvalue weighted by atomic mass is 32.2. The summed E-state index contributed by atoms with van der Waals surface area (Å²) in [4.78, 5) is 36.9. The van der Waals surface area contributed by atoms with Crippen LogP contribution in [-0.2, 0) is 11.3 Å². The van der Waals surface area contributed by atoms with Gasteiger partial charge in [-0.1, -0.05) is 6.07 Å². The van der Waals surface area contributed by atoms with Crippen LogP contribution >= 0.6 is 23.1 Å². The number of amides is 2. The van der Waals surface area contributed by atoms with Crippen LogP contribution in [0.3, 0.4) is 0 Å². The van der Waals surface area contributed by atoms with E-state index in [-0.39, 0.29) is 11.1 Å². The van der Waals surface area contributed by atoms with Crippen LogP contribution in [0.15, 0.2) is 52.3 Å². The third kappa shape index (κ3) is 5.52. The van der Waals surface area contributed by atoms with E-state index in [1.165, 1.54) is 11.1 Å². The van der Waals surface area contributed by atoms with Gasteiger partial charge in [0, 0.05) is 42.0 Å². The van der Waals surface area contributed by atoms with E-state index in [0.29, 0.717) is 28.6 Å². The summed E-state index contributed by atoms with van der Waals surface area (Å²) in [5.41, 5.74) is 4.04. The third-order valence-corrected chi connectivity index (χ3v) is 7.42. The SMILES string of the molecule is O=C1NC(=O)/C(=C/c2ccnc(N[C@H]3CC[C@H](NCc4cccnc4-c4ccsc4)CC3)n2)S1. The van der Waals surface area contributed by atoms with Gasteiger partial charge in [0.05, 0.1) is 16.3 Å². The summed E-state index contributed by atoms with van der Waals surface area (Å²) < 4.78 is 0. The molecule has 1 saturated heterocycles. The highest BCUT2D eigenvalue weighted by Gasteiger charge is 2.25. The van der Waals surface area contributed by atoms with E-state index in [1.54, 1.807) is 29.7 Å². The Morgan fingerprint density at radius 3 is 2.68 bits per heavy atom. The second-order valence-electron chi connectivity index (χ2n) is 8.25. The zero-order valence-corrected chi connectivity index (χ0v) is 20.0. The minimum atomic E-state index is -0.386. The second kappa shape index (κ2) is 10.5. The van der Waals surface area contributed by atoms with Gasteiger partial charge < -0.3 is 10.6 Å². The van der Waals surface area contributed by atoms with Gasteiger partial charge in [0.1, 0.15) is 0 Å². The standard InChI is InChI=1S/C24H24N6O2S2/c31-22-20(34-24(32)30-22)12-19-7-10-26-23(29-19)28-18-5-3-17(4-6-18)27-13-15-2-1-9-25-21(15)16-8-11-33-14-16/h1-2,7-12,14,17-18,27H,3-6,13H2,(H,26,28,29)(H,30,31,32)/b20-12-/t17-,18-. The van der Waals surface area contributed by atoms with Crippen molar-refractivity contribution in [3.63, 3.8) is 0 Å². The lowest BCUT2D eigenvalue weighted by atomic mass is 9.91. The quantitative estimate of drug-likeness (QED) is 0.416. The summed E-state index contributed by atoms with van der Waals surface area (Å²) >= 11 is 2.57. The Kier molecular flexibility index (Phi) is 6.98. The van der Waals surface area contributed by atoms with Gasteiger partial charge in [0.25, 0.3) is 11.1 Å². The molecule has 174 valence electrons. The number of hydrogen-bond acceptors (Lipinski definition) is 9. The molecule has 8 nitrogen and oxygen atoms in total. The van der Waals surface area contributed by atoms with Gasteiger partial charge in [0.15, 0.2) is 0 Å². The summed E-state index contributed by atoms with van der Waals surface area (Å²) in [7, 11) is 0. The average Bonchev–Trinajstić information content (AvgIpc) is 3.49. The molecule has 34 heavy (non-hydrogen) atoms. The lowest BCUT2D eigenvalue weighted by Crippen LogP contribution is -2.37. The van der Waals surface area contributed by atoms with Crippen LogP contribution in [0.4, 0.5) is 10.7 Å². The number of nitrogens with one attached hydrogen (secondary N) is 3. The zero-order chi connectivity index (χ0) is 23.3. The number of carbonyl (C=O) groups is 2. The summed E-state index contributed by atoms with van der Waals surface area (Å²) in [5, 5.41) is 13.2. The number of nitrogens with zero attached hydrogens (tertiary/aromatic N) is 3. The molecule has 0 aromatic carbocycles. The molecule has 0 spiro atoms. The fraction of sp³-hybridized carbons (Fsp3) is 0.292. The number of hydrogen-bond donors (Lipinski definition) is 3. The Hall–Kier alpha value is -3.08. The number of anilines is 1. The minimum absolute atomic E-state index is 0.298. The first kappa shape index (κ1) is 22.7. The van der Waals surface area contributed by atoms with Crippen molar-refractivity contribution in [2.24, 2.45) is 0 Å². The fourth-order valence-electron chi connectivity index (χ4n) is 4.20. The molecule has 0 radical (unpaired) electrons. The number of rotatable bonds is 7. The fourth-order valence-corrected chi connectivity index (χ4v) is 5.50. The van der Waals surface area contributed by atoms with E-state index < -0.39 is 0 Å². The maximum Gasteiger partial charge on any atom is 0.290 e. The number of imide groups is 1. The molecular formula is C24H24N6O2S2. The number of thiophene rings is 1. The van der Waals surface area contributed by atoms with Crippen LogP contribution in [-0.4, -0.2) is 38.2 Å². The molecule has 5 rings (SSSR count). The average molecular weight is 493 g/mol. The molecular weight excluding hydrogens is 468 g/mol. The summed E-state index contributed by atoms with van der Waals surface area (Å²) in [6.07, 6.45) is 9.28. The van der Waals surface area contributed by atoms with Crippen LogP contribution in [0.25, 0.3) is 17.3 Å². The van der Waals surface area contributed by atoms with Gasteiger partial charge in [0.2, 0.25) is 5.95 Å². The smallest absolute Gasteiger partial charge is 0.290 e. The Bertz CT molecular complexity index is 1210. The topological polar surface area (TPSA) is 109 Å². The van der Waals surface area contributed by atoms with Crippen molar-refractivity contribution in [1.29, 1.82) is 0 Å². The molecule has 0 atom stereocenters. The second-order valence-corrected chi connectivity index (χ2v) is 10.0.